The standard InChI is InChI=1S/C12H9Cl2NO3/c1-17-8-4-2-7(3-5-8)11-15-9(6-10(13)14)12(16)18-11/h2-6,9H,1H3. The average molecular weight is 286 g/mol. The second-order valence-electron chi connectivity index (χ2n) is 3.49. The Hall–Kier alpha value is -1.52. The molecule has 0 spiro atoms. The Morgan fingerprint density at radius 3 is 2.61 bits per heavy atom. The molecule has 1 aliphatic rings. The molecule has 0 amide bonds. The molecular formula is C12H9Cl2NO3. The number of carbonyl (C=O) groups is 1. The number of nitrogens with zero attached hydrogens (tertiary/aromatic N) is 1. The molecule has 1 atom stereocenters. The van der Waals surface area contributed by atoms with Gasteiger partial charge in [-0.3, -0.25) is 0 Å². The SMILES string of the molecule is COc1ccc(C2=NC(C=C(Cl)Cl)C(=O)O2)cc1. The largest absolute Gasteiger partial charge is 0.497 e. The normalized spacial score (nSPS) is 18.1. The molecule has 0 saturated carbocycles. The van der Waals surface area contributed by atoms with Crippen LogP contribution in [0.25, 0.3) is 0 Å². The van der Waals surface area contributed by atoms with Crippen molar-refractivity contribution in [2.24, 2.45) is 4.99 Å². The van der Waals surface area contributed by atoms with E-state index < -0.39 is 12.0 Å². The van der Waals surface area contributed by atoms with Crippen molar-refractivity contribution >= 4 is 35.1 Å². The molecule has 0 bridgehead atoms. The number of benzene rings is 1. The number of hydrogen-bond acceptors (Lipinski definition) is 4. The van der Waals surface area contributed by atoms with Crippen LogP contribution >= 0.6 is 23.2 Å². The van der Waals surface area contributed by atoms with E-state index in [1.807, 2.05) is 0 Å². The summed E-state index contributed by atoms with van der Waals surface area (Å²) < 4.78 is 10.1. The maximum atomic E-state index is 11.5. The van der Waals surface area contributed by atoms with Crippen LogP contribution in [0.3, 0.4) is 0 Å². The number of ether oxygens (including phenoxy) is 2. The number of hydrogen-bond donors (Lipinski definition) is 0. The Bertz CT molecular complexity index is 519. The maximum absolute atomic E-state index is 11.5. The predicted molar refractivity (Wildman–Crippen MR) is 69.2 cm³/mol. The van der Waals surface area contributed by atoms with Gasteiger partial charge in [-0.25, -0.2) is 9.79 Å². The lowest BCUT2D eigenvalue weighted by Gasteiger charge is -2.01. The van der Waals surface area contributed by atoms with Crippen molar-refractivity contribution in [3.8, 4) is 5.75 Å². The minimum absolute atomic E-state index is 0.0170. The van der Waals surface area contributed by atoms with Gasteiger partial charge in [-0.1, -0.05) is 23.2 Å². The van der Waals surface area contributed by atoms with Crippen LogP contribution in [0.1, 0.15) is 5.56 Å². The molecular weight excluding hydrogens is 277 g/mol. The van der Waals surface area contributed by atoms with Crippen LogP contribution in [-0.4, -0.2) is 25.0 Å². The fourth-order valence-corrected chi connectivity index (χ4v) is 1.69. The molecule has 6 heteroatoms. The Morgan fingerprint density at radius 2 is 2.06 bits per heavy atom. The molecule has 1 heterocycles. The van der Waals surface area contributed by atoms with Gasteiger partial charge in [0, 0.05) is 5.56 Å². The highest BCUT2D eigenvalue weighted by Gasteiger charge is 2.28. The lowest BCUT2D eigenvalue weighted by Crippen LogP contribution is -2.12. The fraction of sp³-hybridized carbons (Fsp3) is 0.167. The van der Waals surface area contributed by atoms with E-state index in [4.69, 9.17) is 32.7 Å². The molecule has 1 aromatic rings. The molecule has 1 aliphatic heterocycles. The molecule has 1 aromatic carbocycles. The van der Waals surface area contributed by atoms with Crippen molar-refractivity contribution in [2.75, 3.05) is 7.11 Å². The summed E-state index contributed by atoms with van der Waals surface area (Å²) in [6.07, 6.45) is 1.32. The zero-order valence-corrected chi connectivity index (χ0v) is 10.9. The zero-order chi connectivity index (χ0) is 13.1. The first-order valence-corrected chi connectivity index (χ1v) is 5.82. The van der Waals surface area contributed by atoms with Crippen molar-refractivity contribution < 1.29 is 14.3 Å². The summed E-state index contributed by atoms with van der Waals surface area (Å²) in [7, 11) is 1.57. The van der Waals surface area contributed by atoms with Crippen LogP contribution < -0.4 is 4.74 Å². The second-order valence-corrected chi connectivity index (χ2v) is 4.49. The van der Waals surface area contributed by atoms with E-state index in [9.17, 15) is 4.79 Å². The minimum atomic E-state index is -0.785. The van der Waals surface area contributed by atoms with E-state index in [0.717, 1.165) is 0 Å². The summed E-state index contributed by atoms with van der Waals surface area (Å²) in [5, 5.41) is 0. The first-order valence-electron chi connectivity index (χ1n) is 5.07. The number of halogens is 2. The van der Waals surface area contributed by atoms with Crippen molar-refractivity contribution in [2.45, 2.75) is 6.04 Å². The molecule has 0 N–H and O–H groups in total. The first kappa shape index (κ1) is 12.9. The Morgan fingerprint density at radius 1 is 1.39 bits per heavy atom. The van der Waals surface area contributed by atoms with E-state index >= 15 is 0 Å². The van der Waals surface area contributed by atoms with Gasteiger partial charge in [0.25, 0.3) is 0 Å². The van der Waals surface area contributed by atoms with Gasteiger partial charge in [0.1, 0.15) is 10.2 Å². The molecule has 94 valence electrons. The number of esters is 1. The molecule has 4 nitrogen and oxygen atoms in total. The van der Waals surface area contributed by atoms with Crippen LogP contribution in [0.5, 0.6) is 5.75 Å². The van der Waals surface area contributed by atoms with Crippen LogP contribution in [0, 0.1) is 0 Å². The smallest absolute Gasteiger partial charge is 0.341 e. The molecule has 1 unspecified atom stereocenters. The number of methoxy groups -OCH3 is 1. The van der Waals surface area contributed by atoms with Gasteiger partial charge >= 0.3 is 5.97 Å². The third-order valence-corrected chi connectivity index (χ3v) is 2.57. The molecule has 2 rings (SSSR count). The Balaban J connectivity index is 2.23. The molecule has 0 aliphatic carbocycles. The Labute approximate surface area is 114 Å². The van der Waals surface area contributed by atoms with Crippen LogP contribution in [0.15, 0.2) is 39.8 Å². The van der Waals surface area contributed by atoms with E-state index in [-0.39, 0.29) is 10.4 Å². The van der Waals surface area contributed by atoms with Gasteiger partial charge in [0.15, 0.2) is 6.04 Å². The fourth-order valence-electron chi connectivity index (χ4n) is 1.45. The number of carbonyl (C=O) groups excluding carboxylic acids is 1. The van der Waals surface area contributed by atoms with Gasteiger partial charge in [0.05, 0.1) is 7.11 Å². The monoisotopic (exact) mass is 285 g/mol. The Kier molecular flexibility index (Phi) is 3.89. The highest BCUT2D eigenvalue weighted by atomic mass is 35.5. The summed E-state index contributed by atoms with van der Waals surface area (Å²) in [5.74, 6) is 0.460. The number of cyclic esters (lactones) is 1. The molecule has 0 saturated heterocycles. The molecule has 0 radical (unpaired) electrons. The van der Waals surface area contributed by atoms with Crippen molar-refractivity contribution in [3.05, 3.63) is 40.4 Å². The summed E-state index contributed by atoms with van der Waals surface area (Å²) in [6.45, 7) is 0. The van der Waals surface area contributed by atoms with Gasteiger partial charge in [-0.2, -0.15) is 0 Å². The van der Waals surface area contributed by atoms with E-state index in [1.165, 1.54) is 6.08 Å². The highest BCUT2D eigenvalue weighted by molar-refractivity contribution is 6.56. The predicted octanol–water partition coefficient (Wildman–Crippen LogP) is 2.69. The summed E-state index contributed by atoms with van der Waals surface area (Å²) in [5.41, 5.74) is 0.686. The average Bonchev–Trinajstić information content (AvgIpc) is 2.70. The summed E-state index contributed by atoms with van der Waals surface area (Å²) in [4.78, 5) is 15.6. The van der Waals surface area contributed by atoms with E-state index in [0.29, 0.717) is 11.3 Å². The summed E-state index contributed by atoms with van der Waals surface area (Å²) >= 11 is 11.0. The molecule has 0 aromatic heterocycles. The molecule has 0 fully saturated rings. The highest BCUT2D eigenvalue weighted by Crippen LogP contribution is 2.19. The third kappa shape index (κ3) is 2.83. The zero-order valence-electron chi connectivity index (χ0n) is 9.39. The lowest BCUT2D eigenvalue weighted by molar-refractivity contribution is -0.133. The number of rotatable bonds is 3. The van der Waals surface area contributed by atoms with Gasteiger partial charge in [0.2, 0.25) is 5.90 Å². The topological polar surface area (TPSA) is 47.9 Å². The van der Waals surface area contributed by atoms with Gasteiger partial charge in [-0.05, 0) is 30.3 Å². The van der Waals surface area contributed by atoms with Gasteiger partial charge < -0.3 is 9.47 Å². The summed E-state index contributed by atoms with van der Waals surface area (Å²) in [6, 6.07) is 6.22. The number of aliphatic imine (C=N–C) groups is 1. The van der Waals surface area contributed by atoms with Crippen LogP contribution in [-0.2, 0) is 9.53 Å². The lowest BCUT2D eigenvalue weighted by atomic mass is 10.2. The van der Waals surface area contributed by atoms with Crippen molar-refractivity contribution in [3.63, 3.8) is 0 Å². The van der Waals surface area contributed by atoms with Crippen molar-refractivity contribution in [1.82, 2.24) is 0 Å². The van der Waals surface area contributed by atoms with Crippen LogP contribution in [0.4, 0.5) is 0 Å². The van der Waals surface area contributed by atoms with Gasteiger partial charge in [-0.15, -0.1) is 0 Å². The second kappa shape index (κ2) is 5.42. The maximum Gasteiger partial charge on any atom is 0.341 e. The molecule has 18 heavy (non-hydrogen) atoms. The first-order chi connectivity index (χ1) is 8.60. The van der Waals surface area contributed by atoms with E-state index in [1.54, 1.807) is 31.4 Å². The third-order valence-electron chi connectivity index (χ3n) is 2.32. The van der Waals surface area contributed by atoms with E-state index in [2.05, 4.69) is 4.99 Å². The quantitative estimate of drug-likeness (QED) is 0.803. The van der Waals surface area contributed by atoms with Crippen molar-refractivity contribution in [1.29, 1.82) is 0 Å². The minimum Gasteiger partial charge on any atom is -0.497 e. The van der Waals surface area contributed by atoms with Crippen LogP contribution in [0.2, 0.25) is 0 Å².